The number of para-hydroxylation sites is 1. The van der Waals surface area contributed by atoms with Crippen molar-refractivity contribution >= 4 is 16.7 Å². The van der Waals surface area contributed by atoms with Crippen molar-refractivity contribution in [1.82, 2.24) is 4.57 Å². The molecule has 0 saturated carbocycles. The van der Waals surface area contributed by atoms with E-state index in [9.17, 15) is 4.79 Å². The summed E-state index contributed by atoms with van der Waals surface area (Å²) in [5.41, 5.74) is 2.76. The average Bonchev–Trinajstić information content (AvgIpc) is 2.53. The van der Waals surface area contributed by atoms with E-state index in [-0.39, 0.29) is 18.8 Å². The van der Waals surface area contributed by atoms with Crippen LogP contribution in [0.3, 0.4) is 0 Å². The van der Waals surface area contributed by atoms with Gasteiger partial charge in [-0.25, -0.2) is 0 Å². The molecule has 0 spiro atoms. The lowest BCUT2D eigenvalue weighted by Gasteiger charge is -2.00. The van der Waals surface area contributed by atoms with Gasteiger partial charge in [0.1, 0.15) is 0 Å². The maximum atomic E-state index is 11.9. The van der Waals surface area contributed by atoms with Crippen molar-refractivity contribution in [1.29, 1.82) is 0 Å². The number of carbonyl (C=O) groups excluding carboxylic acids is 1. The first-order valence-electron chi connectivity index (χ1n) is 5.35. The molecule has 3 nitrogen and oxygen atoms in total. The normalized spacial score (nSPS) is 10.9. The van der Waals surface area contributed by atoms with Gasteiger partial charge in [0.2, 0.25) is 0 Å². The van der Waals surface area contributed by atoms with Crippen LogP contribution >= 0.6 is 0 Å². The predicted molar refractivity (Wildman–Crippen MR) is 63.7 cm³/mol. The van der Waals surface area contributed by atoms with Gasteiger partial charge in [-0.05, 0) is 13.0 Å². The van der Waals surface area contributed by atoms with E-state index in [1.807, 2.05) is 42.8 Å². The van der Waals surface area contributed by atoms with Crippen LogP contribution in [0.4, 0.5) is 0 Å². The molecule has 3 heteroatoms. The van der Waals surface area contributed by atoms with Gasteiger partial charge < -0.3 is 9.67 Å². The van der Waals surface area contributed by atoms with Gasteiger partial charge in [0.25, 0.3) is 0 Å². The number of Topliss-reactive ketones (excluding diaryl/α,β-unsaturated/α-hetero) is 1. The summed E-state index contributed by atoms with van der Waals surface area (Å²) in [5, 5.41) is 9.81. The van der Waals surface area contributed by atoms with Crippen LogP contribution < -0.4 is 0 Å². The number of benzene rings is 1. The molecule has 0 unspecified atom stereocenters. The maximum absolute atomic E-state index is 11.9. The van der Waals surface area contributed by atoms with E-state index in [2.05, 4.69) is 0 Å². The Bertz CT molecular complexity index is 540. The molecule has 1 aromatic carbocycles. The monoisotopic (exact) mass is 217 g/mol. The third kappa shape index (κ3) is 1.53. The summed E-state index contributed by atoms with van der Waals surface area (Å²) in [5.74, 6) is 0.0109. The maximum Gasteiger partial charge on any atom is 0.167 e. The molecule has 0 bridgehead atoms. The van der Waals surface area contributed by atoms with Gasteiger partial charge in [-0.1, -0.05) is 18.2 Å². The molecule has 0 saturated heterocycles. The van der Waals surface area contributed by atoms with E-state index in [1.165, 1.54) is 0 Å². The van der Waals surface area contributed by atoms with Crippen molar-refractivity contribution in [2.45, 2.75) is 13.3 Å². The molecule has 1 aromatic heterocycles. The Balaban J connectivity index is 2.68. The van der Waals surface area contributed by atoms with Crippen molar-refractivity contribution in [2.75, 3.05) is 6.61 Å². The standard InChI is InChI=1S/C13H15NO2/c1-9-13(12(16)7-8-15)10-5-3-4-6-11(10)14(9)2/h3-6,15H,7-8H2,1-2H3. The molecule has 2 rings (SSSR count). The molecule has 16 heavy (non-hydrogen) atoms. The molecule has 1 N–H and O–H groups in total. The van der Waals surface area contributed by atoms with Crippen molar-refractivity contribution in [3.63, 3.8) is 0 Å². The molecular weight excluding hydrogens is 202 g/mol. The first-order chi connectivity index (χ1) is 7.66. The Hall–Kier alpha value is -1.61. The van der Waals surface area contributed by atoms with Gasteiger partial charge in [-0.2, -0.15) is 0 Å². The van der Waals surface area contributed by atoms with Crippen molar-refractivity contribution in [3.05, 3.63) is 35.5 Å². The summed E-state index contributed by atoms with van der Waals surface area (Å²) in [6, 6.07) is 7.84. The van der Waals surface area contributed by atoms with E-state index in [1.54, 1.807) is 0 Å². The van der Waals surface area contributed by atoms with Crippen LogP contribution in [-0.4, -0.2) is 22.1 Å². The lowest BCUT2D eigenvalue weighted by molar-refractivity contribution is 0.0957. The number of aryl methyl sites for hydroxylation is 1. The van der Waals surface area contributed by atoms with E-state index in [0.29, 0.717) is 0 Å². The molecule has 0 atom stereocenters. The van der Waals surface area contributed by atoms with Crippen molar-refractivity contribution in [3.8, 4) is 0 Å². The predicted octanol–water partition coefficient (Wildman–Crippen LogP) is 2.05. The first-order valence-corrected chi connectivity index (χ1v) is 5.35. The highest BCUT2D eigenvalue weighted by Gasteiger charge is 2.17. The molecule has 0 aliphatic carbocycles. The summed E-state index contributed by atoms with van der Waals surface area (Å²) in [6.07, 6.45) is 0.189. The van der Waals surface area contributed by atoms with E-state index < -0.39 is 0 Å². The van der Waals surface area contributed by atoms with Gasteiger partial charge >= 0.3 is 0 Å². The Labute approximate surface area is 94.3 Å². The van der Waals surface area contributed by atoms with Gasteiger partial charge in [-0.15, -0.1) is 0 Å². The molecule has 0 aliphatic rings. The minimum absolute atomic E-state index is 0.0109. The largest absolute Gasteiger partial charge is 0.396 e. The fraction of sp³-hybridized carbons (Fsp3) is 0.308. The smallest absolute Gasteiger partial charge is 0.167 e. The number of hydrogen-bond donors (Lipinski definition) is 1. The van der Waals surface area contributed by atoms with Crippen LogP contribution in [0.2, 0.25) is 0 Å². The molecule has 84 valence electrons. The van der Waals surface area contributed by atoms with E-state index in [0.717, 1.165) is 22.2 Å². The first kappa shape index (κ1) is 10.9. The fourth-order valence-corrected chi connectivity index (χ4v) is 2.10. The number of ketones is 1. The number of rotatable bonds is 3. The van der Waals surface area contributed by atoms with Gasteiger partial charge in [0, 0.05) is 35.6 Å². The average molecular weight is 217 g/mol. The van der Waals surface area contributed by atoms with Gasteiger partial charge in [0.15, 0.2) is 5.78 Å². The third-order valence-corrected chi connectivity index (χ3v) is 3.02. The highest BCUT2D eigenvalue weighted by Crippen LogP contribution is 2.25. The highest BCUT2D eigenvalue weighted by molar-refractivity contribution is 6.09. The highest BCUT2D eigenvalue weighted by atomic mass is 16.3. The lowest BCUT2D eigenvalue weighted by Crippen LogP contribution is -2.04. The molecule has 0 amide bonds. The number of aromatic nitrogens is 1. The summed E-state index contributed by atoms with van der Waals surface area (Å²) >= 11 is 0. The Kier molecular flexibility index (Phi) is 2.79. The topological polar surface area (TPSA) is 42.2 Å². The minimum atomic E-state index is -0.0957. The van der Waals surface area contributed by atoms with Crippen LogP contribution in [0.25, 0.3) is 10.9 Å². The Morgan fingerprint density at radius 1 is 1.38 bits per heavy atom. The van der Waals surface area contributed by atoms with Gasteiger partial charge in [0.05, 0.1) is 6.61 Å². The van der Waals surface area contributed by atoms with Gasteiger partial charge in [-0.3, -0.25) is 4.79 Å². The van der Waals surface area contributed by atoms with Crippen LogP contribution in [0.5, 0.6) is 0 Å². The van der Waals surface area contributed by atoms with Crippen LogP contribution in [0.15, 0.2) is 24.3 Å². The number of hydrogen-bond acceptors (Lipinski definition) is 2. The number of carbonyl (C=O) groups is 1. The van der Waals surface area contributed by atoms with E-state index >= 15 is 0 Å². The number of fused-ring (bicyclic) bond motifs is 1. The van der Waals surface area contributed by atoms with Crippen molar-refractivity contribution in [2.24, 2.45) is 7.05 Å². The van der Waals surface area contributed by atoms with Crippen LogP contribution in [-0.2, 0) is 7.05 Å². The molecule has 0 radical (unpaired) electrons. The quantitative estimate of drug-likeness (QED) is 0.799. The molecule has 0 aliphatic heterocycles. The summed E-state index contributed by atoms with van der Waals surface area (Å²) < 4.78 is 2.01. The molecule has 1 heterocycles. The Morgan fingerprint density at radius 2 is 2.06 bits per heavy atom. The van der Waals surface area contributed by atoms with E-state index in [4.69, 9.17) is 5.11 Å². The molecule has 2 aromatic rings. The summed E-state index contributed by atoms with van der Waals surface area (Å²) in [7, 11) is 1.95. The summed E-state index contributed by atoms with van der Waals surface area (Å²) in [6.45, 7) is 1.84. The minimum Gasteiger partial charge on any atom is -0.396 e. The zero-order valence-electron chi connectivity index (χ0n) is 9.53. The Morgan fingerprint density at radius 3 is 2.75 bits per heavy atom. The number of aliphatic hydroxyl groups excluding tert-OH is 1. The second-order valence-electron chi connectivity index (χ2n) is 3.93. The lowest BCUT2D eigenvalue weighted by atomic mass is 10.0. The SMILES string of the molecule is Cc1c(C(=O)CCO)c2ccccc2n1C. The number of nitrogens with zero attached hydrogens (tertiary/aromatic N) is 1. The third-order valence-electron chi connectivity index (χ3n) is 3.02. The zero-order chi connectivity index (χ0) is 11.7. The van der Waals surface area contributed by atoms with Crippen LogP contribution in [0, 0.1) is 6.92 Å². The molecular formula is C13H15NO2. The fourth-order valence-electron chi connectivity index (χ4n) is 2.10. The number of aliphatic hydroxyl groups is 1. The summed E-state index contributed by atoms with van der Waals surface area (Å²) in [4.78, 5) is 11.9. The zero-order valence-corrected chi connectivity index (χ0v) is 9.53. The van der Waals surface area contributed by atoms with Crippen LogP contribution in [0.1, 0.15) is 22.5 Å². The second kappa shape index (κ2) is 4.10. The molecule has 0 fully saturated rings. The second-order valence-corrected chi connectivity index (χ2v) is 3.93. The van der Waals surface area contributed by atoms with Crippen molar-refractivity contribution < 1.29 is 9.90 Å².